The molecular formula is C23H30FN3O3. The quantitative estimate of drug-likeness (QED) is 0.646. The smallest absolute Gasteiger partial charge is 0.241 e. The van der Waals surface area contributed by atoms with Crippen molar-refractivity contribution in [2.75, 3.05) is 50.1 Å². The molecule has 0 unspecified atom stereocenters. The number of amides is 2. The largest absolute Gasteiger partial charge is 0.383 e. The first-order chi connectivity index (χ1) is 14.3. The lowest BCUT2D eigenvalue weighted by Crippen LogP contribution is -2.44. The number of nitrogens with zero attached hydrogens (tertiary/aromatic N) is 2. The number of anilines is 2. The summed E-state index contributed by atoms with van der Waals surface area (Å²) in [6, 6.07) is 11.5. The summed E-state index contributed by atoms with van der Waals surface area (Å²) in [5, 5.41) is 2.92. The molecule has 30 heavy (non-hydrogen) atoms. The van der Waals surface area contributed by atoms with Gasteiger partial charge in [0.05, 0.1) is 19.7 Å². The van der Waals surface area contributed by atoms with E-state index in [1.807, 2.05) is 39.0 Å². The van der Waals surface area contributed by atoms with Gasteiger partial charge in [0.1, 0.15) is 5.82 Å². The Balaban J connectivity index is 2.06. The van der Waals surface area contributed by atoms with Crippen molar-refractivity contribution in [1.82, 2.24) is 4.90 Å². The van der Waals surface area contributed by atoms with Gasteiger partial charge in [0.2, 0.25) is 11.8 Å². The summed E-state index contributed by atoms with van der Waals surface area (Å²) < 4.78 is 18.3. The van der Waals surface area contributed by atoms with Crippen LogP contribution in [0.4, 0.5) is 15.8 Å². The number of likely N-dealkylation sites (N-methyl/N-ethyl adjacent to an activating group) is 1. The second-order valence-electron chi connectivity index (χ2n) is 7.11. The van der Waals surface area contributed by atoms with Crippen LogP contribution in [0.5, 0.6) is 0 Å². The maximum absolute atomic E-state index is 13.2. The first-order valence-electron chi connectivity index (χ1n) is 9.99. The van der Waals surface area contributed by atoms with Crippen LogP contribution in [0.3, 0.4) is 0 Å². The molecule has 0 aliphatic rings. The van der Waals surface area contributed by atoms with Crippen molar-refractivity contribution in [2.24, 2.45) is 0 Å². The third-order valence-corrected chi connectivity index (χ3v) is 4.97. The summed E-state index contributed by atoms with van der Waals surface area (Å²) in [7, 11) is 1.58. The van der Waals surface area contributed by atoms with Gasteiger partial charge in [0.15, 0.2) is 0 Å². The SMILES string of the molecule is CCN(C(=O)CN(CCOC)CC(=O)Nc1cccc(C)c1C)c1ccc(F)cc1. The number of carbonyl (C=O) groups excluding carboxylic acids is 2. The van der Waals surface area contributed by atoms with Crippen LogP contribution in [0.25, 0.3) is 0 Å². The van der Waals surface area contributed by atoms with Gasteiger partial charge in [-0.25, -0.2) is 4.39 Å². The normalized spacial score (nSPS) is 10.9. The summed E-state index contributed by atoms with van der Waals surface area (Å²) in [6.45, 7) is 7.18. The minimum atomic E-state index is -0.355. The van der Waals surface area contributed by atoms with Crippen LogP contribution in [-0.4, -0.2) is 56.6 Å². The molecule has 0 heterocycles. The summed E-state index contributed by atoms with van der Waals surface area (Å²) in [6.07, 6.45) is 0. The Labute approximate surface area is 177 Å². The predicted molar refractivity (Wildman–Crippen MR) is 117 cm³/mol. The van der Waals surface area contributed by atoms with E-state index < -0.39 is 0 Å². The number of hydrogen-bond donors (Lipinski definition) is 1. The lowest BCUT2D eigenvalue weighted by Gasteiger charge is -2.26. The number of ether oxygens (including phenoxy) is 1. The Bertz CT molecular complexity index is 855. The first kappa shape index (κ1) is 23.5. The van der Waals surface area contributed by atoms with E-state index in [0.29, 0.717) is 25.4 Å². The van der Waals surface area contributed by atoms with Crippen molar-refractivity contribution in [3.8, 4) is 0 Å². The Morgan fingerprint density at radius 3 is 2.40 bits per heavy atom. The highest BCUT2D eigenvalue weighted by atomic mass is 19.1. The average molecular weight is 416 g/mol. The topological polar surface area (TPSA) is 61.9 Å². The first-order valence-corrected chi connectivity index (χ1v) is 9.99. The molecule has 0 fully saturated rings. The summed E-state index contributed by atoms with van der Waals surface area (Å²) >= 11 is 0. The molecule has 6 nitrogen and oxygen atoms in total. The van der Waals surface area contributed by atoms with Gasteiger partial charge in [-0.05, 0) is 62.2 Å². The van der Waals surface area contributed by atoms with Crippen LogP contribution in [0.15, 0.2) is 42.5 Å². The fourth-order valence-corrected chi connectivity index (χ4v) is 3.11. The van der Waals surface area contributed by atoms with Crippen LogP contribution in [0.1, 0.15) is 18.1 Å². The lowest BCUT2D eigenvalue weighted by atomic mass is 10.1. The summed E-state index contributed by atoms with van der Waals surface area (Å²) in [5.41, 5.74) is 3.49. The number of methoxy groups -OCH3 is 1. The zero-order chi connectivity index (χ0) is 22.1. The molecule has 1 N–H and O–H groups in total. The summed E-state index contributed by atoms with van der Waals surface area (Å²) in [5.74, 6) is -0.718. The summed E-state index contributed by atoms with van der Waals surface area (Å²) in [4.78, 5) is 28.8. The number of benzene rings is 2. The van der Waals surface area contributed by atoms with Gasteiger partial charge in [-0.2, -0.15) is 0 Å². The van der Waals surface area contributed by atoms with Gasteiger partial charge >= 0.3 is 0 Å². The van der Waals surface area contributed by atoms with Gasteiger partial charge in [-0.1, -0.05) is 12.1 Å². The fourth-order valence-electron chi connectivity index (χ4n) is 3.11. The van der Waals surface area contributed by atoms with E-state index >= 15 is 0 Å². The van der Waals surface area contributed by atoms with E-state index in [1.165, 1.54) is 12.1 Å². The number of nitrogens with one attached hydrogen (secondary N) is 1. The standard InChI is InChI=1S/C23H30FN3O3/c1-5-27(20-11-9-19(24)10-12-20)23(29)16-26(13-14-30-4)15-22(28)25-21-8-6-7-17(2)18(21)3/h6-12H,5,13-16H2,1-4H3,(H,25,28). The van der Waals surface area contributed by atoms with E-state index in [2.05, 4.69) is 5.32 Å². The Hall–Kier alpha value is -2.77. The van der Waals surface area contributed by atoms with Crippen LogP contribution >= 0.6 is 0 Å². The van der Waals surface area contributed by atoms with Crippen LogP contribution in [-0.2, 0) is 14.3 Å². The highest BCUT2D eigenvalue weighted by Gasteiger charge is 2.20. The van der Waals surface area contributed by atoms with Gasteiger partial charge in [-0.15, -0.1) is 0 Å². The van der Waals surface area contributed by atoms with Crippen LogP contribution in [0, 0.1) is 19.7 Å². The molecule has 0 radical (unpaired) electrons. The number of carbonyl (C=O) groups is 2. The average Bonchev–Trinajstić information content (AvgIpc) is 2.71. The zero-order valence-corrected chi connectivity index (χ0v) is 18.1. The molecular weight excluding hydrogens is 385 g/mol. The molecule has 0 spiro atoms. The molecule has 2 aromatic carbocycles. The van der Waals surface area contributed by atoms with E-state index in [9.17, 15) is 14.0 Å². The van der Waals surface area contributed by atoms with Crippen molar-refractivity contribution < 1.29 is 18.7 Å². The van der Waals surface area contributed by atoms with Crippen molar-refractivity contribution in [3.63, 3.8) is 0 Å². The molecule has 0 atom stereocenters. The molecule has 7 heteroatoms. The van der Waals surface area contributed by atoms with E-state index in [4.69, 9.17) is 4.74 Å². The third kappa shape index (κ3) is 6.64. The zero-order valence-electron chi connectivity index (χ0n) is 18.1. The number of aryl methyl sites for hydroxylation is 1. The molecule has 2 aromatic rings. The molecule has 0 aliphatic heterocycles. The molecule has 0 aromatic heterocycles. The molecule has 0 aliphatic carbocycles. The Morgan fingerprint density at radius 1 is 1.07 bits per heavy atom. The van der Waals surface area contributed by atoms with Crippen molar-refractivity contribution in [2.45, 2.75) is 20.8 Å². The predicted octanol–water partition coefficient (Wildman–Crippen LogP) is 3.38. The maximum Gasteiger partial charge on any atom is 0.241 e. The second kappa shape index (κ2) is 11.4. The Kier molecular flexibility index (Phi) is 8.95. The highest BCUT2D eigenvalue weighted by molar-refractivity contribution is 5.96. The van der Waals surface area contributed by atoms with Crippen molar-refractivity contribution in [3.05, 3.63) is 59.4 Å². The van der Waals surface area contributed by atoms with Crippen molar-refractivity contribution in [1.29, 1.82) is 0 Å². The highest BCUT2D eigenvalue weighted by Crippen LogP contribution is 2.18. The number of hydrogen-bond acceptors (Lipinski definition) is 4. The molecule has 2 amide bonds. The fraction of sp³-hybridized carbons (Fsp3) is 0.391. The van der Waals surface area contributed by atoms with Gasteiger partial charge in [0.25, 0.3) is 0 Å². The van der Waals surface area contributed by atoms with E-state index in [0.717, 1.165) is 16.8 Å². The number of rotatable bonds is 10. The molecule has 0 bridgehead atoms. The van der Waals surface area contributed by atoms with E-state index in [-0.39, 0.29) is 30.7 Å². The lowest BCUT2D eigenvalue weighted by molar-refractivity contribution is -0.121. The van der Waals surface area contributed by atoms with Crippen LogP contribution in [0.2, 0.25) is 0 Å². The maximum atomic E-state index is 13.2. The van der Waals surface area contributed by atoms with Crippen molar-refractivity contribution >= 4 is 23.2 Å². The molecule has 0 saturated heterocycles. The molecule has 0 saturated carbocycles. The monoisotopic (exact) mass is 415 g/mol. The second-order valence-corrected chi connectivity index (χ2v) is 7.11. The molecule has 2 rings (SSSR count). The third-order valence-electron chi connectivity index (χ3n) is 4.97. The Morgan fingerprint density at radius 2 is 1.77 bits per heavy atom. The minimum Gasteiger partial charge on any atom is -0.383 e. The van der Waals surface area contributed by atoms with E-state index in [1.54, 1.807) is 29.0 Å². The molecule has 162 valence electrons. The van der Waals surface area contributed by atoms with Crippen LogP contribution < -0.4 is 10.2 Å². The minimum absolute atomic E-state index is 0.0504. The van der Waals surface area contributed by atoms with Gasteiger partial charge in [0, 0.05) is 31.6 Å². The van der Waals surface area contributed by atoms with Gasteiger partial charge < -0.3 is 15.0 Å². The van der Waals surface area contributed by atoms with Gasteiger partial charge in [-0.3, -0.25) is 14.5 Å². The number of halogens is 1.